The summed E-state index contributed by atoms with van der Waals surface area (Å²) in [5.41, 5.74) is 0. The average molecular weight is 230 g/mol. The third-order valence-electron chi connectivity index (χ3n) is 2.82. The molecule has 0 aromatic rings. The molecule has 16 heavy (non-hydrogen) atoms. The zero-order valence-electron chi connectivity index (χ0n) is 9.27. The summed E-state index contributed by atoms with van der Waals surface area (Å²) in [7, 11) is 0. The van der Waals surface area contributed by atoms with Crippen LogP contribution in [0.15, 0.2) is 0 Å². The first-order valence-electron chi connectivity index (χ1n) is 5.42. The monoisotopic (exact) mass is 230 g/mol. The molecule has 0 aromatic heterocycles. The van der Waals surface area contributed by atoms with Crippen LogP contribution in [0.1, 0.15) is 19.8 Å². The molecule has 92 valence electrons. The van der Waals surface area contributed by atoms with Crippen molar-refractivity contribution < 1.29 is 19.8 Å². The SMILES string of the molecule is CC1CC1CNC(=O)NC(CCO)C(=O)O. The number of carbonyl (C=O) groups is 2. The lowest BCUT2D eigenvalue weighted by molar-refractivity contribution is -0.139. The molecule has 0 bridgehead atoms. The van der Waals surface area contributed by atoms with E-state index in [1.807, 2.05) is 0 Å². The van der Waals surface area contributed by atoms with E-state index >= 15 is 0 Å². The maximum absolute atomic E-state index is 11.3. The normalized spacial score (nSPS) is 24.6. The van der Waals surface area contributed by atoms with Gasteiger partial charge in [0.25, 0.3) is 0 Å². The average Bonchev–Trinajstić information content (AvgIpc) is 2.91. The molecule has 3 unspecified atom stereocenters. The Hall–Kier alpha value is -1.30. The number of aliphatic carboxylic acids is 1. The van der Waals surface area contributed by atoms with Gasteiger partial charge in [0, 0.05) is 19.6 Å². The topological polar surface area (TPSA) is 98.7 Å². The quantitative estimate of drug-likeness (QED) is 0.507. The number of hydrogen-bond donors (Lipinski definition) is 4. The van der Waals surface area contributed by atoms with Gasteiger partial charge in [0.15, 0.2) is 0 Å². The lowest BCUT2D eigenvalue weighted by atomic mass is 10.2. The summed E-state index contributed by atoms with van der Waals surface area (Å²) < 4.78 is 0. The van der Waals surface area contributed by atoms with Gasteiger partial charge in [-0.2, -0.15) is 0 Å². The first-order valence-corrected chi connectivity index (χ1v) is 5.42. The van der Waals surface area contributed by atoms with Crippen molar-refractivity contribution in [2.45, 2.75) is 25.8 Å². The summed E-state index contributed by atoms with van der Waals surface area (Å²) in [6, 6.07) is -1.51. The van der Waals surface area contributed by atoms with Crippen LogP contribution in [0, 0.1) is 11.8 Å². The molecule has 1 aliphatic carbocycles. The van der Waals surface area contributed by atoms with Crippen LogP contribution in [0.25, 0.3) is 0 Å². The predicted molar refractivity (Wildman–Crippen MR) is 56.9 cm³/mol. The molecule has 6 nitrogen and oxygen atoms in total. The Labute approximate surface area is 94.0 Å². The maximum atomic E-state index is 11.3. The van der Waals surface area contributed by atoms with Crippen molar-refractivity contribution in [3.8, 4) is 0 Å². The van der Waals surface area contributed by atoms with E-state index in [9.17, 15) is 9.59 Å². The summed E-state index contributed by atoms with van der Waals surface area (Å²) in [4.78, 5) is 22.0. The molecule has 1 fully saturated rings. The maximum Gasteiger partial charge on any atom is 0.326 e. The number of rotatable bonds is 6. The van der Waals surface area contributed by atoms with Crippen molar-refractivity contribution in [2.24, 2.45) is 11.8 Å². The van der Waals surface area contributed by atoms with Gasteiger partial charge >= 0.3 is 12.0 Å². The molecule has 1 rings (SSSR count). The van der Waals surface area contributed by atoms with Gasteiger partial charge in [-0.05, 0) is 18.3 Å². The van der Waals surface area contributed by atoms with E-state index in [2.05, 4.69) is 17.6 Å². The number of hydrogen-bond acceptors (Lipinski definition) is 3. The van der Waals surface area contributed by atoms with Gasteiger partial charge in [0.1, 0.15) is 6.04 Å². The van der Waals surface area contributed by atoms with Crippen LogP contribution in [-0.4, -0.2) is 41.4 Å². The van der Waals surface area contributed by atoms with Crippen molar-refractivity contribution in [1.29, 1.82) is 0 Å². The van der Waals surface area contributed by atoms with E-state index in [0.717, 1.165) is 6.42 Å². The third kappa shape index (κ3) is 4.06. The van der Waals surface area contributed by atoms with E-state index in [4.69, 9.17) is 10.2 Å². The first-order chi connectivity index (χ1) is 7.54. The molecule has 3 atom stereocenters. The highest BCUT2D eigenvalue weighted by atomic mass is 16.4. The van der Waals surface area contributed by atoms with Gasteiger partial charge in [-0.15, -0.1) is 0 Å². The number of carbonyl (C=O) groups excluding carboxylic acids is 1. The van der Waals surface area contributed by atoms with Crippen LogP contribution in [0.5, 0.6) is 0 Å². The minimum absolute atomic E-state index is 0.0165. The van der Waals surface area contributed by atoms with E-state index < -0.39 is 18.0 Å². The number of urea groups is 1. The Morgan fingerprint density at radius 2 is 2.12 bits per heavy atom. The van der Waals surface area contributed by atoms with E-state index in [1.54, 1.807) is 0 Å². The largest absolute Gasteiger partial charge is 0.480 e. The van der Waals surface area contributed by atoms with E-state index in [-0.39, 0.29) is 13.0 Å². The third-order valence-corrected chi connectivity index (χ3v) is 2.82. The number of amides is 2. The van der Waals surface area contributed by atoms with Crippen molar-refractivity contribution in [1.82, 2.24) is 10.6 Å². The van der Waals surface area contributed by atoms with Crippen molar-refractivity contribution in [3.05, 3.63) is 0 Å². The molecule has 0 aromatic carbocycles. The second-order valence-corrected chi connectivity index (χ2v) is 4.23. The van der Waals surface area contributed by atoms with Gasteiger partial charge < -0.3 is 20.8 Å². The van der Waals surface area contributed by atoms with Gasteiger partial charge in [0.05, 0.1) is 0 Å². The number of aliphatic hydroxyl groups is 1. The Balaban J connectivity index is 2.22. The fourth-order valence-corrected chi connectivity index (χ4v) is 1.50. The van der Waals surface area contributed by atoms with Crippen molar-refractivity contribution in [2.75, 3.05) is 13.2 Å². The van der Waals surface area contributed by atoms with Gasteiger partial charge in [-0.1, -0.05) is 6.92 Å². The van der Waals surface area contributed by atoms with Crippen molar-refractivity contribution >= 4 is 12.0 Å². The highest BCUT2D eigenvalue weighted by molar-refractivity contribution is 5.82. The summed E-state index contributed by atoms with van der Waals surface area (Å²) in [6.45, 7) is 2.42. The number of carboxylic acids is 1. The Bertz CT molecular complexity index is 270. The van der Waals surface area contributed by atoms with Crippen LogP contribution in [0.4, 0.5) is 4.79 Å². The molecular weight excluding hydrogens is 212 g/mol. The number of nitrogens with one attached hydrogen (secondary N) is 2. The lowest BCUT2D eigenvalue weighted by Crippen LogP contribution is -2.46. The minimum Gasteiger partial charge on any atom is -0.480 e. The molecule has 0 radical (unpaired) electrons. The molecule has 0 heterocycles. The van der Waals surface area contributed by atoms with Crippen molar-refractivity contribution in [3.63, 3.8) is 0 Å². The molecule has 1 aliphatic rings. The highest BCUT2D eigenvalue weighted by Crippen LogP contribution is 2.36. The highest BCUT2D eigenvalue weighted by Gasteiger charge is 2.32. The Morgan fingerprint density at radius 3 is 2.56 bits per heavy atom. The van der Waals surface area contributed by atoms with Crippen LogP contribution in [-0.2, 0) is 4.79 Å². The van der Waals surface area contributed by atoms with Gasteiger partial charge in [-0.3, -0.25) is 0 Å². The molecule has 4 N–H and O–H groups in total. The minimum atomic E-state index is -1.14. The molecule has 1 saturated carbocycles. The van der Waals surface area contributed by atoms with Crippen LogP contribution >= 0.6 is 0 Å². The standard InChI is InChI=1S/C10H18N2O4/c1-6-4-7(6)5-11-10(16)12-8(2-3-13)9(14)15/h6-8,13H,2-5H2,1H3,(H,14,15)(H2,11,12,16). The lowest BCUT2D eigenvalue weighted by Gasteiger charge is -2.13. The fraction of sp³-hybridized carbons (Fsp3) is 0.800. The zero-order chi connectivity index (χ0) is 12.1. The molecule has 2 amide bonds. The second kappa shape index (κ2) is 5.69. The fourth-order valence-electron chi connectivity index (χ4n) is 1.50. The van der Waals surface area contributed by atoms with Crippen LogP contribution in [0.3, 0.4) is 0 Å². The number of aliphatic hydroxyl groups excluding tert-OH is 1. The molecule has 6 heteroatoms. The zero-order valence-corrected chi connectivity index (χ0v) is 9.27. The van der Waals surface area contributed by atoms with E-state index in [1.165, 1.54) is 0 Å². The molecule has 0 aliphatic heterocycles. The van der Waals surface area contributed by atoms with Crippen LogP contribution in [0.2, 0.25) is 0 Å². The number of carboxylic acid groups (broad SMARTS) is 1. The van der Waals surface area contributed by atoms with E-state index in [0.29, 0.717) is 18.4 Å². The summed E-state index contributed by atoms with van der Waals surface area (Å²) in [5, 5.41) is 22.3. The van der Waals surface area contributed by atoms with Crippen LogP contribution < -0.4 is 10.6 Å². The first kappa shape index (κ1) is 12.8. The molecule has 0 spiro atoms. The Morgan fingerprint density at radius 1 is 1.50 bits per heavy atom. The predicted octanol–water partition coefficient (Wildman–Crippen LogP) is -0.223. The summed E-state index contributed by atoms with van der Waals surface area (Å²) >= 11 is 0. The van der Waals surface area contributed by atoms with Gasteiger partial charge in [-0.25, -0.2) is 9.59 Å². The summed E-state index contributed by atoms with van der Waals surface area (Å²) in [5.74, 6) is 0.0314. The van der Waals surface area contributed by atoms with Gasteiger partial charge in [0.2, 0.25) is 0 Å². The summed E-state index contributed by atoms with van der Waals surface area (Å²) in [6.07, 6.45) is 1.13. The second-order valence-electron chi connectivity index (χ2n) is 4.23. The Kier molecular flexibility index (Phi) is 4.54. The molecule has 0 saturated heterocycles. The smallest absolute Gasteiger partial charge is 0.326 e. The molecular formula is C10H18N2O4.